The average molecular weight is 339 g/mol. The number of piperidine rings is 1. The molecule has 2 aliphatic heterocycles. The van der Waals surface area contributed by atoms with Crippen molar-refractivity contribution in [2.75, 3.05) is 13.7 Å². The summed E-state index contributed by atoms with van der Waals surface area (Å²) in [5.41, 5.74) is -0.843. The molecule has 0 aromatic carbocycles. The van der Waals surface area contributed by atoms with E-state index in [0.29, 0.717) is 28.5 Å². The lowest BCUT2D eigenvalue weighted by atomic mass is 9.88. The van der Waals surface area contributed by atoms with Gasteiger partial charge in [0.1, 0.15) is 22.3 Å². The van der Waals surface area contributed by atoms with Gasteiger partial charge < -0.3 is 19.5 Å². The fraction of sp³-hybridized carbons (Fsp3) is 0.625. The van der Waals surface area contributed by atoms with Gasteiger partial charge in [0.15, 0.2) is 0 Å². The molecule has 2 aliphatic rings. The van der Waals surface area contributed by atoms with Crippen LogP contribution in [-0.2, 0) is 9.53 Å². The molecule has 1 N–H and O–H groups in total. The summed E-state index contributed by atoms with van der Waals surface area (Å²) in [5.74, 6) is 0.148. The molecule has 1 saturated heterocycles. The summed E-state index contributed by atoms with van der Waals surface area (Å²) in [6.07, 6.45) is 1.43. The van der Waals surface area contributed by atoms with Gasteiger partial charge in [0.05, 0.1) is 18.0 Å². The lowest BCUT2D eigenvalue weighted by Gasteiger charge is -2.46. The molecule has 23 heavy (non-hydrogen) atoms. The van der Waals surface area contributed by atoms with Crippen LogP contribution in [0.25, 0.3) is 0 Å². The first kappa shape index (κ1) is 16.3. The van der Waals surface area contributed by atoms with Crippen LogP contribution in [0.1, 0.15) is 53.7 Å². The summed E-state index contributed by atoms with van der Waals surface area (Å²) in [7, 11) is 1.33. The molecule has 1 aromatic rings. The average Bonchev–Trinajstić information content (AvgIpc) is 2.91. The fourth-order valence-electron chi connectivity index (χ4n) is 3.18. The Morgan fingerprint density at radius 1 is 1.48 bits per heavy atom. The van der Waals surface area contributed by atoms with E-state index in [1.165, 1.54) is 18.4 Å². The monoisotopic (exact) mass is 339 g/mol. The van der Waals surface area contributed by atoms with Gasteiger partial charge in [-0.15, -0.1) is 11.3 Å². The van der Waals surface area contributed by atoms with Gasteiger partial charge >= 0.3 is 5.97 Å². The summed E-state index contributed by atoms with van der Waals surface area (Å²) in [6, 6.07) is 1.16. The van der Waals surface area contributed by atoms with Crippen LogP contribution < -0.4 is 4.74 Å². The minimum Gasteiger partial charge on any atom is -0.484 e. The summed E-state index contributed by atoms with van der Waals surface area (Å²) < 4.78 is 10.6. The van der Waals surface area contributed by atoms with Crippen LogP contribution in [0.3, 0.4) is 0 Å². The first-order valence-corrected chi connectivity index (χ1v) is 8.55. The molecular formula is C16H21NO5S. The SMILES string of the molecule is COC(=O)c1cc2c(s1)[C@H](N1CCCCC1=O)[C@@H](O)C(C)(C)O2. The second-order valence-corrected chi connectivity index (χ2v) is 7.55. The Morgan fingerprint density at radius 2 is 2.22 bits per heavy atom. The third-order valence-corrected chi connectivity index (χ3v) is 5.63. The van der Waals surface area contributed by atoms with E-state index < -0.39 is 23.7 Å². The van der Waals surface area contributed by atoms with Crippen molar-refractivity contribution in [2.24, 2.45) is 0 Å². The molecule has 1 fully saturated rings. The molecule has 0 bridgehead atoms. The molecule has 0 radical (unpaired) electrons. The van der Waals surface area contributed by atoms with Crippen LogP contribution in [0, 0.1) is 0 Å². The standard InChI is InChI=1S/C16H21NO5S/c1-16(2)14(19)12(17-7-5-4-6-11(17)18)13-9(22-16)8-10(23-13)15(20)21-3/h8,12,14,19H,4-7H2,1-3H3/t12-,14+/m0/s1. The van der Waals surface area contributed by atoms with E-state index >= 15 is 0 Å². The minimum absolute atomic E-state index is 0.0389. The Morgan fingerprint density at radius 3 is 2.87 bits per heavy atom. The van der Waals surface area contributed by atoms with Crippen LogP contribution in [0.4, 0.5) is 0 Å². The summed E-state index contributed by atoms with van der Waals surface area (Å²) in [5, 5.41) is 10.8. The molecule has 0 aliphatic carbocycles. The molecular weight excluding hydrogens is 318 g/mol. The Kier molecular flexibility index (Phi) is 4.10. The summed E-state index contributed by atoms with van der Waals surface area (Å²) >= 11 is 1.22. The van der Waals surface area contributed by atoms with Crippen LogP contribution in [0.15, 0.2) is 6.07 Å². The van der Waals surface area contributed by atoms with Gasteiger partial charge in [-0.25, -0.2) is 4.79 Å². The Labute approximate surface area is 139 Å². The quantitative estimate of drug-likeness (QED) is 0.835. The molecule has 0 spiro atoms. The molecule has 3 rings (SSSR count). The number of carbonyl (C=O) groups is 2. The number of fused-ring (bicyclic) bond motifs is 1. The summed E-state index contributed by atoms with van der Waals surface area (Å²) in [4.78, 5) is 27.0. The van der Waals surface area contributed by atoms with Gasteiger partial charge in [-0.05, 0) is 26.7 Å². The number of hydrogen-bond acceptors (Lipinski definition) is 6. The van der Waals surface area contributed by atoms with E-state index in [9.17, 15) is 14.7 Å². The predicted octanol–water partition coefficient (Wildman–Crippen LogP) is 2.12. The van der Waals surface area contributed by atoms with Gasteiger partial charge in [-0.1, -0.05) is 0 Å². The zero-order valence-corrected chi connectivity index (χ0v) is 14.3. The van der Waals surface area contributed by atoms with Crippen LogP contribution >= 0.6 is 11.3 Å². The Hall–Kier alpha value is -1.60. The first-order chi connectivity index (χ1) is 10.8. The molecule has 1 amide bonds. The zero-order chi connectivity index (χ0) is 16.8. The van der Waals surface area contributed by atoms with Gasteiger partial charge in [-0.3, -0.25) is 4.79 Å². The van der Waals surface area contributed by atoms with Crippen molar-refractivity contribution in [3.05, 3.63) is 15.8 Å². The van der Waals surface area contributed by atoms with E-state index in [0.717, 1.165) is 12.8 Å². The number of thiophene rings is 1. The number of esters is 1. The smallest absolute Gasteiger partial charge is 0.348 e. The number of nitrogens with zero attached hydrogens (tertiary/aromatic N) is 1. The second kappa shape index (κ2) is 5.79. The Bertz CT molecular complexity index is 638. The number of likely N-dealkylation sites (tertiary alicyclic amines) is 1. The molecule has 1 aromatic heterocycles. The van der Waals surface area contributed by atoms with E-state index in [2.05, 4.69) is 0 Å². The molecule has 6 nitrogen and oxygen atoms in total. The minimum atomic E-state index is -0.860. The lowest BCUT2D eigenvalue weighted by molar-refractivity contribution is -0.146. The zero-order valence-electron chi connectivity index (χ0n) is 13.5. The van der Waals surface area contributed by atoms with Gasteiger partial charge in [0.25, 0.3) is 0 Å². The molecule has 3 heterocycles. The van der Waals surface area contributed by atoms with E-state index in [1.54, 1.807) is 24.8 Å². The van der Waals surface area contributed by atoms with Crippen molar-refractivity contribution < 1.29 is 24.2 Å². The third-order valence-electron chi connectivity index (χ3n) is 4.46. The number of ether oxygens (including phenoxy) is 2. The predicted molar refractivity (Wildman–Crippen MR) is 84.7 cm³/mol. The topological polar surface area (TPSA) is 76.1 Å². The molecule has 0 unspecified atom stereocenters. The maximum Gasteiger partial charge on any atom is 0.348 e. The third kappa shape index (κ3) is 2.72. The fourth-order valence-corrected chi connectivity index (χ4v) is 4.32. The highest BCUT2D eigenvalue weighted by atomic mass is 32.1. The maximum absolute atomic E-state index is 12.3. The summed E-state index contributed by atoms with van der Waals surface area (Å²) in [6.45, 7) is 4.19. The number of aliphatic hydroxyl groups is 1. The van der Waals surface area contributed by atoms with Crippen molar-refractivity contribution >= 4 is 23.2 Å². The largest absolute Gasteiger partial charge is 0.484 e. The number of carbonyl (C=O) groups excluding carboxylic acids is 2. The van der Waals surface area contributed by atoms with Crippen LogP contribution in [0.5, 0.6) is 5.75 Å². The van der Waals surface area contributed by atoms with Crippen LogP contribution in [0.2, 0.25) is 0 Å². The molecule has 126 valence electrons. The highest BCUT2D eigenvalue weighted by Gasteiger charge is 2.48. The maximum atomic E-state index is 12.3. The van der Waals surface area contributed by atoms with Crippen molar-refractivity contribution in [3.63, 3.8) is 0 Å². The van der Waals surface area contributed by atoms with E-state index in [1.807, 2.05) is 0 Å². The van der Waals surface area contributed by atoms with Gasteiger partial charge in [0, 0.05) is 19.0 Å². The number of aliphatic hydroxyl groups excluding tert-OH is 1. The highest BCUT2D eigenvalue weighted by molar-refractivity contribution is 7.14. The van der Waals surface area contributed by atoms with Crippen LogP contribution in [-0.4, -0.2) is 47.2 Å². The van der Waals surface area contributed by atoms with Gasteiger partial charge in [0.2, 0.25) is 5.91 Å². The lowest BCUT2D eigenvalue weighted by Crippen LogP contribution is -2.55. The van der Waals surface area contributed by atoms with Crippen molar-refractivity contribution in [3.8, 4) is 5.75 Å². The van der Waals surface area contributed by atoms with E-state index in [-0.39, 0.29) is 5.91 Å². The molecule has 7 heteroatoms. The number of methoxy groups -OCH3 is 1. The Balaban J connectivity index is 2.05. The first-order valence-electron chi connectivity index (χ1n) is 7.73. The second-order valence-electron chi connectivity index (χ2n) is 6.47. The number of amides is 1. The van der Waals surface area contributed by atoms with Crippen molar-refractivity contribution in [1.29, 1.82) is 0 Å². The normalized spacial score (nSPS) is 26.4. The highest BCUT2D eigenvalue weighted by Crippen LogP contribution is 2.48. The number of hydrogen-bond donors (Lipinski definition) is 1. The van der Waals surface area contributed by atoms with Gasteiger partial charge in [-0.2, -0.15) is 0 Å². The molecule has 0 saturated carbocycles. The van der Waals surface area contributed by atoms with E-state index in [4.69, 9.17) is 9.47 Å². The van der Waals surface area contributed by atoms with Crippen molar-refractivity contribution in [2.45, 2.75) is 50.9 Å². The van der Waals surface area contributed by atoms with Crippen molar-refractivity contribution in [1.82, 2.24) is 4.90 Å². The molecule has 2 atom stereocenters. The number of rotatable bonds is 2.